The molecule has 0 amide bonds. The molecular weight excluding hydrogens is 251 g/mol. The number of nitrogens with one attached hydrogen (secondary N) is 1. The number of anilines is 1. The summed E-state index contributed by atoms with van der Waals surface area (Å²) in [6, 6.07) is 8.60. The number of benzene rings is 2. The fraction of sp³-hybridized carbons (Fsp3) is 0.200. The van der Waals surface area contributed by atoms with E-state index in [0.29, 0.717) is 17.7 Å². The van der Waals surface area contributed by atoms with Crippen LogP contribution in [-0.2, 0) is 6.42 Å². The average Bonchev–Trinajstić information content (AvgIpc) is 2.79. The molecule has 0 bridgehead atoms. The highest BCUT2D eigenvalue weighted by Crippen LogP contribution is 2.35. The Morgan fingerprint density at radius 1 is 0.947 bits per heavy atom. The molecule has 1 nitrogen and oxygen atoms in total. The van der Waals surface area contributed by atoms with Gasteiger partial charge < -0.3 is 5.32 Å². The minimum Gasteiger partial charge on any atom is -0.378 e. The molecule has 19 heavy (non-hydrogen) atoms. The number of hydrogen-bond acceptors (Lipinski definition) is 1. The molecule has 0 saturated carbocycles. The quantitative estimate of drug-likeness (QED) is 0.856. The van der Waals surface area contributed by atoms with Gasteiger partial charge in [-0.3, -0.25) is 0 Å². The van der Waals surface area contributed by atoms with Crippen LogP contribution in [0.3, 0.4) is 0 Å². The summed E-state index contributed by atoms with van der Waals surface area (Å²) in [7, 11) is 0. The molecule has 1 unspecified atom stereocenters. The summed E-state index contributed by atoms with van der Waals surface area (Å²) in [5.74, 6) is -1.96. The molecular formula is C15H12F3N. The Morgan fingerprint density at radius 2 is 1.79 bits per heavy atom. The lowest BCUT2D eigenvalue weighted by molar-refractivity contribution is 0.509. The number of halogens is 3. The fourth-order valence-corrected chi connectivity index (χ4v) is 2.55. The first-order valence-electron chi connectivity index (χ1n) is 6.14. The van der Waals surface area contributed by atoms with Gasteiger partial charge >= 0.3 is 0 Å². The van der Waals surface area contributed by atoms with Gasteiger partial charge in [0.25, 0.3) is 0 Å². The van der Waals surface area contributed by atoms with Gasteiger partial charge in [0, 0.05) is 11.8 Å². The van der Waals surface area contributed by atoms with E-state index in [2.05, 4.69) is 5.32 Å². The Hall–Kier alpha value is -1.97. The number of rotatable bonds is 2. The van der Waals surface area contributed by atoms with Crippen molar-refractivity contribution in [3.05, 3.63) is 65.0 Å². The Kier molecular flexibility index (Phi) is 2.93. The van der Waals surface area contributed by atoms with Gasteiger partial charge in [-0.05, 0) is 42.2 Å². The molecule has 4 heteroatoms. The van der Waals surface area contributed by atoms with E-state index in [0.717, 1.165) is 24.1 Å². The minimum absolute atomic E-state index is 0.0597. The zero-order valence-corrected chi connectivity index (χ0v) is 10.1. The fourth-order valence-electron chi connectivity index (χ4n) is 2.55. The van der Waals surface area contributed by atoms with Crippen LogP contribution in [0, 0.1) is 17.5 Å². The molecule has 3 rings (SSSR count). The molecule has 0 radical (unpaired) electrons. The second-order valence-corrected chi connectivity index (χ2v) is 4.67. The maximum atomic E-state index is 13.6. The lowest BCUT2D eigenvalue weighted by Crippen LogP contribution is -2.07. The molecule has 1 aliphatic carbocycles. The van der Waals surface area contributed by atoms with E-state index in [4.69, 9.17) is 0 Å². The highest BCUT2D eigenvalue weighted by atomic mass is 19.2. The molecule has 98 valence electrons. The largest absolute Gasteiger partial charge is 0.378 e. The molecule has 0 fully saturated rings. The van der Waals surface area contributed by atoms with E-state index in [9.17, 15) is 13.2 Å². The number of fused-ring (bicyclic) bond motifs is 1. The van der Waals surface area contributed by atoms with Gasteiger partial charge in [-0.1, -0.05) is 12.1 Å². The molecule has 1 aliphatic rings. The Labute approximate surface area is 109 Å². The lowest BCUT2D eigenvalue weighted by atomic mass is 10.1. The summed E-state index contributed by atoms with van der Waals surface area (Å²) in [4.78, 5) is 0. The van der Waals surface area contributed by atoms with Crippen LogP contribution < -0.4 is 5.32 Å². The van der Waals surface area contributed by atoms with Gasteiger partial charge in [0.05, 0.1) is 6.04 Å². The molecule has 2 aromatic rings. The Bertz CT molecular complexity index is 625. The van der Waals surface area contributed by atoms with Crippen molar-refractivity contribution in [3.63, 3.8) is 0 Å². The van der Waals surface area contributed by atoms with Crippen LogP contribution in [0.2, 0.25) is 0 Å². The third kappa shape index (κ3) is 2.18. The van der Waals surface area contributed by atoms with Crippen LogP contribution in [0.5, 0.6) is 0 Å². The highest BCUT2D eigenvalue weighted by Gasteiger charge is 2.24. The molecule has 1 atom stereocenters. The topological polar surface area (TPSA) is 12.0 Å². The summed E-state index contributed by atoms with van der Waals surface area (Å²) in [6.45, 7) is 0. The van der Waals surface area contributed by atoms with E-state index in [1.165, 1.54) is 12.1 Å². The predicted octanol–water partition coefficient (Wildman–Crippen LogP) is 4.20. The van der Waals surface area contributed by atoms with Gasteiger partial charge in [0.15, 0.2) is 11.6 Å². The van der Waals surface area contributed by atoms with Crippen LogP contribution in [0.25, 0.3) is 0 Å². The smallest absolute Gasteiger partial charge is 0.160 e. The first-order chi connectivity index (χ1) is 9.15. The van der Waals surface area contributed by atoms with Gasteiger partial charge in [-0.15, -0.1) is 0 Å². The maximum absolute atomic E-state index is 13.6. The van der Waals surface area contributed by atoms with Crippen LogP contribution in [0.15, 0.2) is 36.4 Å². The maximum Gasteiger partial charge on any atom is 0.160 e. The van der Waals surface area contributed by atoms with Crippen molar-refractivity contribution >= 4 is 5.69 Å². The third-order valence-electron chi connectivity index (χ3n) is 3.47. The van der Waals surface area contributed by atoms with E-state index >= 15 is 0 Å². The standard InChI is InChI=1S/C15H12F3N/c16-12-3-1-2-11-10(12)5-7-15(11)19-9-4-6-13(17)14(18)8-9/h1-4,6,8,15,19H,5,7H2. The molecule has 0 aliphatic heterocycles. The molecule has 0 heterocycles. The van der Waals surface area contributed by atoms with Gasteiger partial charge in [-0.2, -0.15) is 0 Å². The van der Waals surface area contributed by atoms with E-state index in [1.807, 2.05) is 6.07 Å². The SMILES string of the molecule is Fc1ccc(NC2CCc3c(F)cccc32)cc1F. The summed E-state index contributed by atoms with van der Waals surface area (Å²) < 4.78 is 39.6. The summed E-state index contributed by atoms with van der Waals surface area (Å²) in [5, 5.41) is 3.12. The molecule has 2 aromatic carbocycles. The Morgan fingerprint density at radius 3 is 2.58 bits per heavy atom. The minimum atomic E-state index is -0.887. The molecule has 1 N–H and O–H groups in total. The summed E-state index contributed by atoms with van der Waals surface area (Å²) in [6.07, 6.45) is 1.40. The Balaban J connectivity index is 1.86. The van der Waals surface area contributed by atoms with Crippen molar-refractivity contribution in [2.75, 3.05) is 5.32 Å². The zero-order valence-electron chi connectivity index (χ0n) is 10.1. The predicted molar refractivity (Wildman–Crippen MR) is 67.4 cm³/mol. The summed E-state index contributed by atoms with van der Waals surface area (Å²) in [5.41, 5.74) is 2.10. The van der Waals surface area contributed by atoms with Crippen molar-refractivity contribution in [1.29, 1.82) is 0 Å². The van der Waals surface area contributed by atoms with Crippen molar-refractivity contribution in [1.82, 2.24) is 0 Å². The van der Waals surface area contributed by atoms with Crippen molar-refractivity contribution < 1.29 is 13.2 Å². The normalized spacial score (nSPS) is 17.3. The van der Waals surface area contributed by atoms with Crippen LogP contribution in [0.4, 0.5) is 18.9 Å². The van der Waals surface area contributed by atoms with E-state index < -0.39 is 11.6 Å². The van der Waals surface area contributed by atoms with Crippen molar-refractivity contribution in [2.45, 2.75) is 18.9 Å². The molecule has 0 spiro atoms. The summed E-state index contributed by atoms with van der Waals surface area (Å²) >= 11 is 0. The van der Waals surface area contributed by atoms with Gasteiger partial charge in [0.1, 0.15) is 5.82 Å². The average molecular weight is 263 g/mol. The molecule has 0 saturated heterocycles. The number of hydrogen-bond donors (Lipinski definition) is 1. The van der Waals surface area contributed by atoms with Gasteiger partial charge in [-0.25, -0.2) is 13.2 Å². The lowest BCUT2D eigenvalue weighted by Gasteiger charge is -2.15. The first-order valence-corrected chi connectivity index (χ1v) is 6.14. The van der Waals surface area contributed by atoms with Crippen LogP contribution in [0.1, 0.15) is 23.6 Å². The second-order valence-electron chi connectivity index (χ2n) is 4.67. The molecule has 0 aromatic heterocycles. The third-order valence-corrected chi connectivity index (χ3v) is 3.47. The first kappa shape index (κ1) is 12.1. The van der Waals surface area contributed by atoms with E-state index in [-0.39, 0.29) is 11.9 Å². The highest BCUT2D eigenvalue weighted by molar-refractivity contribution is 5.48. The van der Waals surface area contributed by atoms with Crippen LogP contribution in [-0.4, -0.2) is 0 Å². The second kappa shape index (κ2) is 4.61. The monoisotopic (exact) mass is 263 g/mol. The van der Waals surface area contributed by atoms with Crippen molar-refractivity contribution in [3.8, 4) is 0 Å². The zero-order chi connectivity index (χ0) is 13.4. The van der Waals surface area contributed by atoms with Crippen molar-refractivity contribution in [2.24, 2.45) is 0 Å². The van der Waals surface area contributed by atoms with Gasteiger partial charge in [0.2, 0.25) is 0 Å². The van der Waals surface area contributed by atoms with Crippen LogP contribution >= 0.6 is 0 Å². The van der Waals surface area contributed by atoms with E-state index in [1.54, 1.807) is 6.07 Å².